The summed E-state index contributed by atoms with van der Waals surface area (Å²) >= 11 is 0. The van der Waals surface area contributed by atoms with Crippen molar-refractivity contribution >= 4 is 11.8 Å². The van der Waals surface area contributed by atoms with Crippen LogP contribution in [0.5, 0.6) is 0 Å². The van der Waals surface area contributed by atoms with Crippen molar-refractivity contribution in [2.75, 3.05) is 13.1 Å². The highest BCUT2D eigenvalue weighted by Gasteiger charge is 2.31. The number of carbonyl (C=O) groups excluding carboxylic acids is 2. The molecule has 3 heterocycles. The van der Waals surface area contributed by atoms with Crippen LogP contribution < -0.4 is 5.73 Å². The van der Waals surface area contributed by atoms with E-state index in [9.17, 15) is 9.59 Å². The van der Waals surface area contributed by atoms with Crippen LogP contribution in [0, 0.1) is 19.8 Å². The van der Waals surface area contributed by atoms with Gasteiger partial charge in [-0.2, -0.15) is 0 Å². The number of amides is 2. The molecule has 1 aliphatic heterocycles. The number of hydrogen-bond donors (Lipinski definition) is 1. The number of aromatic nitrogens is 2. The SMILES string of the molecule is Cc1cc(C(=O)N2CC[C@H](C(N)=O)C2)c(C)n1-c1cccnc1. The number of rotatable bonds is 3. The van der Waals surface area contributed by atoms with Crippen LogP contribution in [0.15, 0.2) is 30.6 Å². The number of primary amides is 1. The molecule has 0 bridgehead atoms. The predicted molar refractivity (Wildman–Crippen MR) is 86.2 cm³/mol. The first-order chi connectivity index (χ1) is 11.0. The molecule has 1 aliphatic rings. The second-order valence-electron chi connectivity index (χ2n) is 5.97. The molecule has 2 amide bonds. The first-order valence-corrected chi connectivity index (χ1v) is 7.67. The van der Waals surface area contributed by atoms with E-state index >= 15 is 0 Å². The summed E-state index contributed by atoms with van der Waals surface area (Å²) in [5.41, 5.74) is 8.79. The Morgan fingerprint density at radius 2 is 2.13 bits per heavy atom. The number of aryl methyl sites for hydroxylation is 1. The van der Waals surface area contributed by atoms with E-state index in [0.717, 1.165) is 17.1 Å². The largest absolute Gasteiger partial charge is 0.369 e. The average molecular weight is 312 g/mol. The predicted octanol–water partition coefficient (Wildman–Crippen LogP) is 1.44. The summed E-state index contributed by atoms with van der Waals surface area (Å²) in [5, 5.41) is 0. The highest BCUT2D eigenvalue weighted by Crippen LogP contribution is 2.24. The molecule has 1 atom stereocenters. The Kier molecular flexibility index (Phi) is 3.90. The lowest BCUT2D eigenvalue weighted by molar-refractivity contribution is -0.121. The Morgan fingerprint density at radius 3 is 2.74 bits per heavy atom. The number of carbonyl (C=O) groups is 2. The van der Waals surface area contributed by atoms with Crippen molar-refractivity contribution in [1.82, 2.24) is 14.5 Å². The van der Waals surface area contributed by atoms with Crippen molar-refractivity contribution in [2.45, 2.75) is 20.3 Å². The van der Waals surface area contributed by atoms with E-state index in [1.807, 2.05) is 36.6 Å². The molecular weight excluding hydrogens is 292 g/mol. The molecule has 2 aromatic rings. The molecule has 120 valence electrons. The van der Waals surface area contributed by atoms with Crippen LogP contribution >= 0.6 is 0 Å². The Morgan fingerprint density at radius 1 is 1.35 bits per heavy atom. The van der Waals surface area contributed by atoms with Gasteiger partial charge in [0.25, 0.3) is 5.91 Å². The second-order valence-corrected chi connectivity index (χ2v) is 5.97. The van der Waals surface area contributed by atoms with Gasteiger partial charge in [-0.05, 0) is 38.5 Å². The Hall–Kier alpha value is -2.63. The van der Waals surface area contributed by atoms with E-state index in [2.05, 4.69) is 4.98 Å². The van der Waals surface area contributed by atoms with E-state index in [1.165, 1.54) is 0 Å². The number of pyridine rings is 1. The lowest BCUT2D eigenvalue weighted by Gasteiger charge is -2.16. The topological polar surface area (TPSA) is 81.2 Å². The van der Waals surface area contributed by atoms with Crippen molar-refractivity contribution in [3.63, 3.8) is 0 Å². The zero-order valence-electron chi connectivity index (χ0n) is 13.3. The van der Waals surface area contributed by atoms with Crippen LogP contribution in [0.25, 0.3) is 5.69 Å². The van der Waals surface area contributed by atoms with E-state index in [1.54, 1.807) is 17.3 Å². The van der Waals surface area contributed by atoms with Crippen LogP contribution in [-0.2, 0) is 4.79 Å². The van der Waals surface area contributed by atoms with Crippen LogP contribution in [0.1, 0.15) is 28.2 Å². The fourth-order valence-electron chi connectivity index (χ4n) is 3.21. The summed E-state index contributed by atoms with van der Waals surface area (Å²) in [6, 6.07) is 5.72. The summed E-state index contributed by atoms with van der Waals surface area (Å²) in [5.74, 6) is -0.612. The van der Waals surface area contributed by atoms with Gasteiger partial charge in [0.1, 0.15) is 0 Å². The van der Waals surface area contributed by atoms with Crippen LogP contribution in [0.2, 0.25) is 0 Å². The number of nitrogens with two attached hydrogens (primary N) is 1. The van der Waals surface area contributed by atoms with E-state index in [0.29, 0.717) is 25.1 Å². The van der Waals surface area contributed by atoms with Crippen molar-refractivity contribution < 1.29 is 9.59 Å². The number of nitrogens with zero attached hydrogens (tertiary/aromatic N) is 3. The minimum absolute atomic E-state index is 0.0445. The lowest BCUT2D eigenvalue weighted by atomic mass is 10.1. The number of likely N-dealkylation sites (tertiary alicyclic amines) is 1. The molecule has 6 nitrogen and oxygen atoms in total. The summed E-state index contributed by atoms with van der Waals surface area (Å²) in [6.45, 7) is 4.87. The smallest absolute Gasteiger partial charge is 0.255 e. The van der Waals surface area contributed by atoms with Gasteiger partial charge in [-0.25, -0.2) is 0 Å². The highest BCUT2D eigenvalue weighted by atomic mass is 16.2. The Bertz CT molecular complexity index is 751. The van der Waals surface area contributed by atoms with Crippen molar-refractivity contribution in [1.29, 1.82) is 0 Å². The van der Waals surface area contributed by atoms with E-state index in [4.69, 9.17) is 5.73 Å². The van der Waals surface area contributed by atoms with Crippen LogP contribution in [0.3, 0.4) is 0 Å². The van der Waals surface area contributed by atoms with Crippen molar-refractivity contribution in [3.8, 4) is 5.69 Å². The van der Waals surface area contributed by atoms with Gasteiger partial charge < -0.3 is 15.2 Å². The molecule has 2 N–H and O–H groups in total. The van der Waals surface area contributed by atoms with Crippen molar-refractivity contribution in [3.05, 3.63) is 47.5 Å². The van der Waals surface area contributed by atoms with Crippen molar-refractivity contribution in [2.24, 2.45) is 11.7 Å². The number of hydrogen-bond acceptors (Lipinski definition) is 3. The van der Waals surface area contributed by atoms with Gasteiger partial charge in [0, 0.05) is 30.7 Å². The third-order valence-corrected chi connectivity index (χ3v) is 4.44. The zero-order chi connectivity index (χ0) is 16.6. The van der Waals surface area contributed by atoms with Gasteiger partial charge >= 0.3 is 0 Å². The maximum absolute atomic E-state index is 12.8. The van der Waals surface area contributed by atoms with E-state index < -0.39 is 0 Å². The molecule has 0 spiro atoms. The zero-order valence-corrected chi connectivity index (χ0v) is 13.3. The highest BCUT2D eigenvalue weighted by molar-refractivity contribution is 5.96. The molecule has 2 aromatic heterocycles. The van der Waals surface area contributed by atoms with Crippen LogP contribution in [-0.4, -0.2) is 39.4 Å². The summed E-state index contributed by atoms with van der Waals surface area (Å²) < 4.78 is 2.02. The van der Waals surface area contributed by atoms with Gasteiger partial charge in [0.15, 0.2) is 0 Å². The normalized spacial score (nSPS) is 17.5. The summed E-state index contributed by atoms with van der Waals surface area (Å²) in [4.78, 5) is 29.9. The molecule has 0 radical (unpaired) electrons. The second kappa shape index (κ2) is 5.87. The Balaban J connectivity index is 1.90. The summed E-state index contributed by atoms with van der Waals surface area (Å²) in [6.07, 6.45) is 4.13. The quantitative estimate of drug-likeness (QED) is 0.931. The van der Waals surface area contributed by atoms with Gasteiger partial charge in [0.05, 0.1) is 23.4 Å². The molecule has 1 saturated heterocycles. The summed E-state index contributed by atoms with van der Waals surface area (Å²) in [7, 11) is 0. The molecular formula is C17H20N4O2. The first kappa shape index (κ1) is 15.3. The first-order valence-electron chi connectivity index (χ1n) is 7.67. The van der Waals surface area contributed by atoms with Gasteiger partial charge in [-0.3, -0.25) is 14.6 Å². The third kappa shape index (κ3) is 2.72. The molecule has 0 saturated carbocycles. The average Bonchev–Trinajstić information content (AvgIpc) is 3.13. The van der Waals surface area contributed by atoms with Gasteiger partial charge in [-0.1, -0.05) is 0 Å². The lowest BCUT2D eigenvalue weighted by Crippen LogP contribution is -2.32. The fraction of sp³-hybridized carbons (Fsp3) is 0.353. The monoisotopic (exact) mass is 312 g/mol. The minimum Gasteiger partial charge on any atom is -0.369 e. The molecule has 1 fully saturated rings. The molecule has 23 heavy (non-hydrogen) atoms. The molecule has 3 rings (SSSR count). The van der Waals surface area contributed by atoms with Gasteiger partial charge in [-0.15, -0.1) is 0 Å². The van der Waals surface area contributed by atoms with E-state index in [-0.39, 0.29) is 17.7 Å². The fourth-order valence-corrected chi connectivity index (χ4v) is 3.21. The van der Waals surface area contributed by atoms with Gasteiger partial charge in [0.2, 0.25) is 5.91 Å². The standard InChI is InChI=1S/C17H20N4O2/c1-11-8-15(12(2)21(11)14-4-3-6-19-9-14)17(23)20-7-5-13(10-20)16(18)22/h3-4,6,8-9,13H,5,7,10H2,1-2H3,(H2,18,22)/t13-/m0/s1. The maximum Gasteiger partial charge on any atom is 0.255 e. The Labute approximate surface area is 134 Å². The molecule has 6 heteroatoms. The maximum atomic E-state index is 12.8. The molecule has 0 aliphatic carbocycles. The molecule has 0 unspecified atom stereocenters. The minimum atomic E-state index is -0.332. The molecule has 0 aromatic carbocycles. The third-order valence-electron chi connectivity index (χ3n) is 4.44. The van der Waals surface area contributed by atoms with Crippen LogP contribution in [0.4, 0.5) is 0 Å².